The van der Waals surface area contributed by atoms with Gasteiger partial charge in [0.1, 0.15) is 0 Å². The van der Waals surface area contributed by atoms with Gasteiger partial charge in [0.05, 0.1) is 0 Å². The van der Waals surface area contributed by atoms with Gasteiger partial charge in [0, 0.05) is 32.5 Å². The van der Waals surface area contributed by atoms with Crippen molar-refractivity contribution in [1.29, 1.82) is 0 Å². The number of hydrogen-bond acceptors (Lipinski definition) is 2. The lowest BCUT2D eigenvalue weighted by Gasteiger charge is -2.34. The van der Waals surface area contributed by atoms with E-state index in [4.69, 9.17) is 11.5 Å². The zero-order valence-electron chi connectivity index (χ0n) is 19.9. The Morgan fingerprint density at radius 1 is 0.906 bits per heavy atom. The van der Waals surface area contributed by atoms with E-state index in [2.05, 4.69) is 53.5 Å². The molecule has 0 saturated heterocycles. The lowest BCUT2D eigenvalue weighted by molar-refractivity contribution is -0.129. The summed E-state index contributed by atoms with van der Waals surface area (Å²) in [6.45, 7) is 7.94. The first-order valence-corrected chi connectivity index (χ1v) is 11.9. The number of carbonyl (C=O) groups is 1. The summed E-state index contributed by atoms with van der Waals surface area (Å²) in [7, 11) is 0. The Morgan fingerprint density at radius 3 is 1.81 bits per heavy atom. The van der Waals surface area contributed by atoms with Crippen LogP contribution in [0.2, 0.25) is 0 Å². The topological polar surface area (TPSA) is 84.7 Å². The molecule has 5 nitrogen and oxygen atoms in total. The highest BCUT2D eigenvalue weighted by Crippen LogP contribution is 2.31. The highest BCUT2D eigenvalue weighted by molar-refractivity contribution is 5.75. The summed E-state index contributed by atoms with van der Waals surface area (Å²) in [4.78, 5) is 18.8. The van der Waals surface area contributed by atoms with Crippen LogP contribution >= 0.6 is 0 Å². The first-order valence-electron chi connectivity index (χ1n) is 11.9. The van der Waals surface area contributed by atoms with Gasteiger partial charge in [-0.2, -0.15) is 0 Å². The van der Waals surface area contributed by atoms with Crippen molar-refractivity contribution in [2.45, 2.75) is 52.4 Å². The molecule has 0 spiro atoms. The van der Waals surface area contributed by atoms with Gasteiger partial charge in [-0.25, -0.2) is 0 Å². The quantitative estimate of drug-likeness (QED) is 0.462. The van der Waals surface area contributed by atoms with Gasteiger partial charge in [-0.05, 0) is 48.6 Å². The highest BCUT2D eigenvalue weighted by atomic mass is 16.2. The summed E-state index contributed by atoms with van der Waals surface area (Å²) in [5.41, 5.74) is 13.4. The molecule has 174 valence electrons. The van der Waals surface area contributed by atoms with E-state index in [-0.39, 0.29) is 17.8 Å². The second-order valence-corrected chi connectivity index (χ2v) is 8.45. The van der Waals surface area contributed by atoms with Crippen LogP contribution in [0.5, 0.6) is 0 Å². The third-order valence-corrected chi connectivity index (χ3v) is 6.23. The molecule has 2 aromatic carbocycles. The third-order valence-electron chi connectivity index (χ3n) is 6.23. The van der Waals surface area contributed by atoms with Gasteiger partial charge in [-0.15, -0.1) is 0 Å². The molecule has 1 aliphatic rings. The van der Waals surface area contributed by atoms with Gasteiger partial charge >= 0.3 is 0 Å². The first-order chi connectivity index (χ1) is 15.5. The van der Waals surface area contributed by atoms with E-state index < -0.39 is 0 Å². The SMILES string of the molecule is CC.CC(=O)N(CC1CCC(CN=C(N)N)CC1)CC(c1ccccc1)c1ccccc1. The first kappa shape index (κ1) is 25.4. The summed E-state index contributed by atoms with van der Waals surface area (Å²) in [6.07, 6.45) is 4.48. The van der Waals surface area contributed by atoms with Crippen LogP contribution in [-0.4, -0.2) is 36.4 Å². The lowest BCUT2D eigenvalue weighted by atomic mass is 9.81. The monoisotopic (exact) mass is 436 g/mol. The zero-order valence-corrected chi connectivity index (χ0v) is 19.9. The number of carbonyl (C=O) groups excluding carboxylic acids is 1. The molecule has 2 aromatic rings. The van der Waals surface area contributed by atoms with Crippen molar-refractivity contribution in [3.63, 3.8) is 0 Å². The Bertz CT molecular complexity index is 771. The van der Waals surface area contributed by atoms with Gasteiger partial charge in [0.25, 0.3) is 0 Å². The molecule has 0 radical (unpaired) electrons. The minimum atomic E-state index is 0.148. The third kappa shape index (κ3) is 8.03. The molecule has 0 unspecified atom stereocenters. The van der Waals surface area contributed by atoms with Gasteiger partial charge in [0.2, 0.25) is 5.91 Å². The molecule has 0 atom stereocenters. The number of nitrogens with two attached hydrogens (primary N) is 2. The van der Waals surface area contributed by atoms with E-state index in [0.717, 1.165) is 38.8 Å². The predicted molar refractivity (Wildman–Crippen MR) is 134 cm³/mol. The van der Waals surface area contributed by atoms with E-state index in [1.54, 1.807) is 6.92 Å². The summed E-state index contributed by atoms with van der Waals surface area (Å²) in [5.74, 6) is 1.59. The van der Waals surface area contributed by atoms with Crippen molar-refractivity contribution in [3.8, 4) is 0 Å². The summed E-state index contributed by atoms with van der Waals surface area (Å²) < 4.78 is 0. The standard InChI is InChI=1S/C25H34N4O.C2H6/c1-19(30)29(17-21-14-12-20(13-15-21)16-28-25(26)27)18-24(22-8-4-2-5-9-22)23-10-6-3-7-11-23;1-2/h2-11,20-21,24H,12-18H2,1H3,(H4,26,27,28);1-2H3. The van der Waals surface area contributed by atoms with Crippen LogP contribution < -0.4 is 11.5 Å². The molecule has 1 saturated carbocycles. The molecule has 1 aliphatic carbocycles. The molecule has 0 aliphatic heterocycles. The molecule has 4 N–H and O–H groups in total. The molecule has 32 heavy (non-hydrogen) atoms. The van der Waals surface area contributed by atoms with Gasteiger partial charge in [0.15, 0.2) is 5.96 Å². The Kier molecular flexibility index (Phi) is 10.8. The number of aliphatic imine (C=N–C) groups is 1. The predicted octanol–water partition coefficient (Wildman–Crippen LogP) is 4.77. The second-order valence-electron chi connectivity index (χ2n) is 8.45. The average molecular weight is 437 g/mol. The smallest absolute Gasteiger partial charge is 0.219 e. The Balaban J connectivity index is 0.00000176. The van der Waals surface area contributed by atoms with Crippen molar-refractivity contribution >= 4 is 11.9 Å². The van der Waals surface area contributed by atoms with Crippen molar-refractivity contribution in [2.75, 3.05) is 19.6 Å². The van der Waals surface area contributed by atoms with Crippen LogP contribution in [0, 0.1) is 11.8 Å². The average Bonchev–Trinajstić information content (AvgIpc) is 2.83. The molecular weight excluding hydrogens is 396 g/mol. The Hall–Kier alpha value is -2.82. The number of benzene rings is 2. The van der Waals surface area contributed by atoms with E-state index in [0.29, 0.717) is 18.4 Å². The molecule has 1 fully saturated rings. The van der Waals surface area contributed by atoms with Crippen LogP contribution in [-0.2, 0) is 4.79 Å². The van der Waals surface area contributed by atoms with Gasteiger partial charge in [-0.3, -0.25) is 9.79 Å². The number of nitrogens with zero attached hydrogens (tertiary/aromatic N) is 2. The van der Waals surface area contributed by atoms with E-state index >= 15 is 0 Å². The normalized spacial score (nSPS) is 17.8. The second kappa shape index (κ2) is 13.6. The Morgan fingerprint density at radius 2 is 1.38 bits per heavy atom. The largest absolute Gasteiger partial charge is 0.370 e. The van der Waals surface area contributed by atoms with Crippen molar-refractivity contribution < 1.29 is 4.79 Å². The van der Waals surface area contributed by atoms with Crippen LogP contribution in [0.25, 0.3) is 0 Å². The van der Waals surface area contributed by atoms with Gasteiger partial charge < -0.3 is 16.4 Å². The maximum Gasteiger partial charge on any atom is 0.219 e. The number of hydrogen-bond donors (Lipinski definition) is 2. The van der Waals surface area contributed by atoms with E-state index in [9.17, 15) is 4.79 Å². The fraction of sp³-hybridized carbons (Fsp3) is 0.481. The van der Waals surface area contributed by atoms with Gasteiger partial charge in [-0.1, -0.05) is 74.5 Å². The number of amides is 1. The molecule has 0 aromatic heterocycles. The minimum absolute atomic E-state index is 0.148. The van der Waals surface area contributed by atoms with Crippen molar-refractivity contribution in [1.82, 2.24) is 4.90 Å². The molecule has 5 heteroatoms. The lowest BCUT2D eigenvalue weighted by Crippen LogP contribution is -2.38. The van der Waals surface area contributed by atoms with Crippen LogP contribution in [0.1, 0.15) is 63.5 Å². The molecule has 1 amide bonds. The zero-order chi connectivity index (χ0) is 23.3. The fourth-order valence-corrected chi connectivity index (χ4v) is 4.47. The fourth-order valence-electron chi connectivity index (χ4n) is 4.47. The van der Waals surface area contributed by atoms with Crippen LogP contribution in [0.4, 0.5) is 0 Å². The number of rotatable bonds is 8. The molecule has 3 rings (SSSR count). The van der Waals surface area contributed by atoms with Crippen molar-refractivity contribution in [2.24, 2.45) is 28.3 Å². The summed E-state index contributed by atoms with van der Waals surface area (Å²) >= 11 is 0. The molecule has 0 heterocycles. The number of guanidine groups is 1. The van der Waals surface area contributed by atoms with Crippen molar-refractivity contribution in [3.05, 3.63) is 71.8 Å². The highest BCUT2D eigenvalue weighted by Gasteiger charge is 2.26. The Labute approximate surface area is 193 Å². The maximum absolute atomic E-state index is 12.5. The van der Waals surface area contributed by atoms with E-state index in [1.807, 2.05) is 30.9 Å². The van der Waals surface area contributed by atoms with Crippen LogP contribution in [0.3, 0.4) is 0 Å². The van der Waals surface area contributed by atoms with E-state index in [1.165, 1.54) is 11.1 Å². The van der Waals surface area contributed by atoms with Crippen LogP contribution in [0.15, 0.2) is 65.7 Å². The molecular formula is C27H40N4O. The summed E-state index contributed by atoms with van der Waals surface area (Å²) in [5, 5.41) is 0. The minimum Gasteiger partial charge on any atom is -0.370 e. The summed E-state index contributed by atoms with van der Waals surface area (Å²) in [6, 6.07) is 21.0. The molecule has 0 bridgehead atoms. The maximum atomic E-state index is 12.5.